The Labute approximate surface area is 174 Å². The molecule has 3 unspecified atom stereocenters. The number of halogens is 1. The third kappa shape index (κ3) is 3.50. The lowest BCUT2D eigenvalue weighted by molar-refractivity contribution is -0.134. The highest BCUT2D eigenvalue weighted by Crippen LogP contribution is 2.38. The summed E-state index contributed by atoms with van der Waals surface area (Å²) in [5, 5.41) is 27.0. The molecule has 2 aliphatic heterocycles. The zero-order valence-corrected chi connectivity index (χ0v) is 16.7. The van der Waals surface area contributed by atoms with Gasteiger partial charge in [0.25, 0.3) is 5.91 Å². The second-order valence-corrected chi connectivity index (χ2v) is 7.58. The summed E-state index contributed by atoms with van der Waals surface area (Å²) in [6, 6.07) is 17.3. The molecule has 0 bridgehead atoms. The van der Waals surface area contributed by atoms with E-state index < -0.39 is 6.10 Å². The van der Waals surface area contributed by atoms with Crippen molar-refractivity contribution < 1.29 is 15.0 Å². The summed E-state index contributed by atoms with van der Waals surface area (Å²) >= 11 is 6.28. The minimum Gasteiger partial charge on any atom is -0.507 e. The van der Waals surface area contributed by atoms with Crippen LogP contribution in [0.25, 0.3) is 0 Å². The predicted molar refractivity (Wildman–Crippen MR) is 112 cm³/mol. The number of fused-ring (bicyclic) bond motifs is 1. The Balaban J connectivity index is 1.87. The molecule has 7 heteroatoms. The number of aliphatic hydroxyl groups is 2. The van der Waals surface area contributed by atoms with Crippen LogP contribution in [0.4, 0.5) is 0 Å². The van der Waals surface area contributed by atoms with Crippen LogP contribution in [0.1, 0.15) is 24.0 Å². The monoisotopic (exact) mass is 411 g/mol. The first-order valence-electron chi connectivity index (χ1n) is 9.55. The van der Waals surface area contributed by atoms with Gasteiger partial charge in [0.1, 0.15) is 6.10 Å². The van der Waals surface area contributed by atoms with Crippen LogP contribution in [0.5, 0.6) is 0 Å². The summed E-state index contributed by atoms with van der Waals surface area (Å²) in [7, 11) is 0. The van der Waals surface area contributed by atoms with Crippen molar-refractivity contribution in [3.63, 3.8) is 0 Å². The number of rotatable bonds is 4. The Bertz CT molecular complexity index is 976. The van der Waals surface area contributed by atoms with E-state index >= 15 is 0 Å². The molecule has 2 heterocycles. The van der Waals surface area contributed by atoms with Crippen molar-refractivity contribution in [1.29, 1.82) is 0 Å². The molecule has 29 heavy (non-hydrogen) atoms. The van der Waals surface area contributed by atoms with Crippen LogP contribution in [-0.4, -0.2) is 57.5 Å². The van der Waals surface area contributed by atoms with E-state index in [1.54, 1.807) is 9.91 Å². The third-order valence-corrected chi connectivity index (χ3v) is 5.66. The van der Waals surface area contributed by atoms with Gasteiger partial charge in [-0.1, -0.05) is 54.1 Å². The fourth-order valence-corrected chi connectivity index (χ4v) is 4.23. The average molecular weight is 412 g/mol. The molecular weight excluding hydrogens is 390 g/mol. The van der Waals surface area contributed by atoms with Crippen molar-refractivity contribution in [1.82, 2.24) is 9.91 Å². The highest BCUT2D eigenvalue weighted by Gasteiger charge is 2.44. The van der Waals surface area contributed by atoms with E-state index in [0.717, 1.165) is 11.1 Å². The quantitative estimate of drug-likeness (QED) is 0.810. The number of carbonyl (C=O) groups is 1. The van der Waals surface area contributed by atoms with Crippen molar-refractivity contribution in [3.05, 3.63) is 82.2 Å². The molecule has 0 spiro atoms. The smallest absolute Gasteiger partial charge is 0.275 e. The lowest BCUT2D eigenvalue weighted by Gasteiger charge is -2.45. The SMILES string of the molecule is CCN1CC(C(c2ccccc2)c2cccc(Cl)c2)N2N=CC(O)C(O)=C2C1=O. The molecule has 150 valence electrons. The van der Waals surface area contributed by atoms with Crippen molar-refractivity contribution in [2.75, 3.05) is 13.1 Å². The predicted octanol–water partition coefficient (Wildman–Crippen LogP) is 3.13. The number of amides is 1. The van der Waals surface area contributed by atoms with Crippen LogP contribution in [0.2, 0.25) is 5.02 Å². The van der Waals surface area contributed by atoms with Crippen LogP contribution in [0, 0.1) is 0 Å². The summed E-state index contributed by atoms with van der Waals surface area (Å²) in [4.78, 5) is 14.6. The highest BCUT2D eigenvalue weighted by molar-refractivity contribution is 6.30. The van der Waals surface area contributed by atoms with Gasteiger partial charge in [-0.05, 0) is 30.2 Å². The van der Waals surface area contributed by atoms with Gasteiger partial charge in [-0.2, -0.15) is 5.10 Å². The molecular formula is C22H22ClN3O3. The Kier molecular flexibility index (Phi) is 5.30. The fourth-order valence-electron chi connectivity index (χ4n) is 4.03. The number of benzene rings is 2. The summed E-state index contributed by atoms with van der Waals surface area (Å²) in [5.74, 6) is -0.867. The lowest BCUT2D eigenvalue weighted by atomic mass is 9.83. The van der Waals surface area contributed by atoms with Gasteiger partial charge in [-0.3, -0.25) is 9.80 Å². The minimum absolute atomic E-state index is 0.0288. The maximum Gasteiger partial charge on any atom is 0.275 e. The first-order chi connectivity index (χ1) is 14.0. The largest absolute Gasteiger partial charge is 0.507 e. The van der Waals surface area contributed by atoms with E-state index in [9.17, 15) is 15.0 Å². The first-order valence-corrected chi connectivity index (χ1v) is 9.93. The number of carbonyl (C=O) groups excluding carboxylic acids is 1. The molecule has 3 atom stereocenters. The zero-order chi connectivity index (χ0) is 20.5. The second-order valence-electron chi connectivity index (χ2n) is 7.14. The summed E-state index contributed by atoms with van der Waals surface area (Å²) in [6.07, 6.45) is -0.0372. The Morgan fingerprint density at radius 1 is 1.17 bits per heavy atom. The maximum atomic E-state index is 12.9. The summed E-state index contributed by atoms with van der Waals surface area (Å²) in [5.41, 5.74) is 2.06. The van der Waals surface area contributed by atoms with Crippen LogP contribution in [0.3, 0.4) is 0 Å². The van der Waals surface area contributed by atoms with Crippen molar-refractivity contribution >= 4 is 23.7 Å². The molecule has 4 rings (SSSR count). The zero-order valence-electron chi connectivity index (χ0n) is 15.9. The molecule has 6 nitrogen and oxygen atoms in total. The van der Waals surface area contributed by atoms with E-state index in [1.165, 1.54) is 6.21 Å². The molecule has 1 amide bonds. The molecule has 2 aromatic carbocycles. The van der Waals surface area contributed by atoms with Crippen LogP contribution >= 0.6 is 11.6 Å². The van der Waals surface area contributed by atoms with Gasteiger partial charge in [-0.25, -0.2) is 0 Å². The number of nitrogens with zero attached hydrogens (tertiary/aromatic N) is 3. The number of likely N-dealkylation sites (N-methyl/N-ethyl adjacent to an activating group) is 1. The van der Waals surface area contributed by atoms with Crippen molar-refractivity contribution in [2.45, 2.75) is 25.0 Å². The van der Waals surface area contributed by atoms with E-state index in [1.807, 2.05) is 61.5 Å². The fraction of sp³-hybridized carbons (Fsp3) is 0.273. The minimum atomic E-state index is -1.29. The van der Waals surface area contributed by atoms with Gasteiger partial charge in [0, 0.05) is 24.0 Å². The Morgan fingerprint density at radius 2 is 1.90 bits per heavy atom. The summed E-state index contributed by atoms with van der Waals surface area (Å²) in [6.45, 7) is 2.80. The standard InChI is InChI=1S/C22H22ClN3O3/c1-2-25-13-17(26-20(22(25)29)21(28)18(27)12-24-26)19(14-7-4-3-5-8-14)15-9-6-10-16(23)11-15/h3-12,17-19,27-28H,2,13H2,1H3. The van der Waals surface area contributed by atoms with E-state index in [0.29, 0.717) is 18.1 Å². The maximum absolute atomic E-state index is 12.9. The van der Waals surface area contributed by atoms with Gasteiger partial charge in [-0.15, -0.1) is 0 Å². The second kappa shape index (κ2) is 7.89. The highest BCUT2D eigenvalue weighted by atomic mass is 35.5. The molecule has 0 aromatic heterocycles. The van der Waals surface area contributed by atoms with Gasteiger partial charge >= 0.3 is 0 Å². The molecule has 2 aromatic rings. The van der Waals surface area contributed by atoms with Crippen LogP contribution in [-0.2, 0) is 4.79 Å². The molecule has 0 saturated carbocycles. The Morgan fingerprint density at radius 3 is 2.59 bits per heavy atom. The number of aliphatic hydroxyl groups excluding tert-OH is 2. The molecule has 2 N–H and O–H groups in total. The van der Waals surface area contributed by atoms with Gasteiger partial charge in [0.2, 0.25) is 0 Å². The lowest BCUT2D eigenvalue weighted by Crippen LogP contribution is -2.56. The normalized spacial score (nSPS) is 22.7. The van der Waals surface area contributed by atoms with Crippen LogP contribution in [0.15, 0.2) is 71.2 Å². The molecule has 0 radical (unpaired) electrons. The topological polar surface area (TPSA) is 76.4 Å². The molecule has 0 aliphatic carbocycles. The van der Waals surface area contributed by atoms with Crippen LogP contribution < -0.4 is 0 Å². The molecule has 1 saturated heterocycles. The molecule has 1 fully saturated rings. The molecule has 2 aliphatic rings. The number of hydrogen-bond donors (Lipinski definition) is 2. The van der Waals surface area contributed by atoms with Gasteiger partial charge in [0.15, 0.2) is 11.5 Å². The Hall–Kier alpha value is -2.83. The van der Waals surface area contributed by atoms with E-state index in [4.69, 9.17) is 11.6 Å². The van der Waals surface area contributed by atoms with Gasteiger partial charge in [0.05, 0.1) is 12.3 Å². The van der Waals surface area contributed by atoms with Crippen molar-refractivity contribution in [3.8, 4) is 0 Å². The third-order valence-electron chi connectivity index (χ3n) is 5.43. The number of hydrogen-bond acceptors (Lipinski definition) is 5. The first kappa shape index (κ1) is 19.5. The average Bonchev–Trinajstić information content (AvgIpc) is 2.73. The van der Waals surface area contributed by atoms with Crippen molar-refractivity contribution in [2.24, 2.45) is 5.10 Å². The van der Waals surface area contributed by atoms with Gasteiger partial charge < -0.3 is 15.1 Å². The number of hydrazone groups is 1. The van der Waals surface area contributed by atoms with E-state index in [2.05, 4.69) is 5.10 Å². The summed E-state index contributed by atoms with van der Waals surface area (Å²) < 4.78 is 0. The number of piperazine rings is 1. The van der Waals surface area contributed by atoms with E-state index in [-0.39, 0.29) is 29.3 Å².